The molecule has 0 bridgehead atoms. The SMILES string of the molecule is NC(c1ccc(OC(F)(F)F)cc1)c1noc(=O)[nH]1. The van der Waals surface area contributed by atoms with Crippen LogP contribution in [0.4, 0.5) is 13.2 Å². The molecule has 1 atom stereocenters. The fourth-order valence-corrected chi connectivity index (χ4v) is 1.41. The van der Waals surface area contributed by atoms with Crippen LogP contribution in [0.1, 0.15) is 17.4 Å². The molecule has 1 unspecified atom stereocenters. The molecule has 0 amide bonds. The monoisotopic (exact) mass is 275 g/mol. The quantitative estimate of drug-likeness (QED) is 0.880. The molecule has 0 radical (unpaired) electrons. The molecule has 1 heterocycles. The Morgan fingerprint density at radius 3 is 2.42 bits per heavy atom. The van der Waals surface area contributed by atoms with Crippen LogP contribution in [0.15, 0.2) is 33.6 Å². The van der Waals surface area contributed by atoms with Crippen molar-refractivity contribution in [2.45, 2.75) is 12.4 Å². The Labute approximate surface area is 104 Å². The summed E-state index contributed by atoms with van der Waals surface area (Å²) in [5, 5.41) is 3.39. The molecule has 19 heavy (non-hydrogen) atoms. The maximum atomic E-state index is 12.0. The van der Waals surface area contributed by atoms with Gasteiger partial charge in [0.1, 0.15) is 5.75 Å². The maximum absolute atomic E-state index is 12.0. The third-order valence-corrected chi connectivity index (χ3v) is 2.22. The predicted octanol–water partition coefficient (Wildman–Crippen LogP) is 1.31. The van der Waals surface area contributed by atoms with Crippen molar-refractivity contribution in [2.24, 2.45) is 5.73 Å². The molecule has 0 fully saturated rings. The molecule has 6 nitrogen and oxygen atoms in total. The van der Waals surface area contributed by atoms with E-state index in [4.69, 9.17) is 5.73 Å². The highest BCUT2D eigenvalue weighted by molar-refractivity contribution is 5.31. The molecule has 0 aliphatic rings. The Kier molecular flexibility index (Phi) is 3.30. The van der Waals surface area contributed by atoms with E-state index in [2.05, 4.69) is 19.4 Å². The van der Waals surface area contributed by atoms with Crippen molar-refractivity contribution in [1.29, 1.82) is 0 Å². The van der Waals surface area contributed by atoms with Gasteiger partial charge in [-0.15, -0.1) is 13.2 Å². The Bertz CT molecular complexity index is 603. The van der Waals surface area contributed by atoms with E-state index in [0.29, 0.717) is 5.56 Å². The van der Waals surface area contributed by atoms with Gasteiger partial charge in [-0.1, -0.05) is 17.3 Å². The van der Waals surface area contributed by atoms with E-state index in [1.807, 2.05) is 0 Å². The van der Waals surface area contributed by atoms with Gasteiger partial charge in [0, 0.05) is 0 Å². The number of H-pyrrole nitrogens is 1. The van der Waals surface area contributed by atoms with Crippen LogP contribution < -0.4 is 16.2 Å². The number of nitrogens with zero attached hydrogens (tertiary/aromatic N) is 1. The molecule has 9 heteroatoms. The molecule has 2 aromatic rings. The number of nitrogens with one attached hydrogen (secondary N) is 1. The van der Waals surface area contributed by atoms with Crippen molar-refractivity contribution >= 4 is 0 Å². The molecule has 0 aliphatic heterocycles. The van der Waals surface area contributed by atoms with E-state index < -0.39 is 18.2 Å². The fraction of sp³-hybridized carbons (Fsp3) is 0.200. The average Bonchev–Trinajstić information content (AvgIpc) is 2.74. The number of benzene rings is 1. The Balaban J connectivity index is 2.16. The lowest BCUT2D eigenvalue weighted by atomic mass is 10.1. The minimum atomic E-state index is -4.75. The number of alkyl halides is 3. The van der Waals surface area contributed by atoms with Gasteiger partial charge in [-0.05, 0) is 17.7 Å². The standard InChI is InChI=1S/C10H8F3N3O3/c11-10(12,13)18-6-3-1-5(2-4-6)7(14)8-15-9(17)19-16-8/h1-4,7H,14H2,(H,15,16,17). The number of hydrogen-bond acceptors (Lipinski definition) is 5. The van der Waals surface area contributed by atoms with Crippen LogP contribution >= 0.6 is 0 Å². The molecular weight excluding hydrogens is 267 g/mol. The zero-order chi connectivity index (χ0) is 14.0. The van der Waals surface area contributed by atoms with Crippen LogP contribution in [-0.4, -0.2) is 16.5 Å². The molecule has 0 saturated heterocycles. The smallest absolute Gasteiger partial charge is 0.406 e. The summed E-state index contributed by atoms with van der Waals surface area (Å²) < 4.78 is 43.9. The summed E-state index contributed by atoms with van der Waals surface area (Å²) in [6.07, 6.45) is -4.75. The first-order valence-corrected chi connectivity index (χ1v) is 5.02. The topological polar surface area (TPSA) is 94.1 Å². The molecule has 102 valence electrons. The normalized spacial score (nSPS) is 13.3. The molecule has 3 N–H and O–H groups in total. The van der Waals surface area contributed by atoms with Crippen molar-refractivity contribution < 1.29 is 22.4 Å². The van der Waals surface area contributed by atoms with Gasteiger partial charge in [-0.2, -0.15) is 0 Å². The van der Waals surface area contributed by atoms with Crippen molar-refractivity contribution in [3.8, 4) is 5.75 Å². The number of nitrogens with two attached hydrogens (primary N) is 1. The molecule has 1 aromatic heterocycles. The van der Waals surface area contributed by atoms with Gasteiger partial charge < -0.3 is 10.5 Å². The zero-order valence-corrected chi connectivity index (χ0v) is 9.27. The van der Waals surface area contributed by atoms with Gasteiger partial charge in [-0.25, -0.2) is 4.79 Å². The number of aromatic amines is 1. The molecule has 2 rings (SSSR count). The number of rotatable bonds is 3. The second-order valence-electron chi connectivity index (χ2n) is 3.57. The van der Waals surface area contributed by atoms with Crippen LogP contribution in [0.25, 0.3) is 0 Å². The highest BCUT2D eigenvalue weighted by atomic mass is 19.4. The van der Waals surface area contributed by atoms with Crippen molar-refractivity contribution in [2.75, 3.05) is 0 Å². The minimum Gasteiger partial charge on any atom is -0.406 e. The van der Waals surface area contributed by atoms with Crippen molar-refractivity contribution in [1.82, 2.24) is 10.1 Å². The Morgan fingerprint density at radius 1 is 1.32 bits per heavy atom. The van der Waals surface area contributed by atoms with E-state index in [1.54, 1.807) is 0 Å². The fourth-order valence-electron chi connectivity index (χ4n) is 1.41. The van der Waals surface area contributed by atoms with Crippen LogP contribution in [0, 0.1) is 0 Å². The second-order valence-corrected chi connectivity index (χ2v) is 3.57. The maximum Gasteiger partial charge on any atom is 0.573 e. The van der Waals surface area contributed by atoms with E-state index in [1.165, 1.54) is 12.1 Å². The van der Waals surface area contributed by atoms with Crippen LogP contribution in [0.5, 0.6) is 5.75 Å². The third kappa shape index (κ3) is 3.35. The first-order valence-electron chi connectivity index (χ1n) is 5.02. The van der Waals surface area contributed by atoms with Gasteiger partial charge in [-0.3, -0.25) is 9.51 Å². The van der Waals surface area contributed by atoms with Crippen molar-refractivity contribution in [3.05, 3.63) is 46.2 Å². The largest absolute Gasteiger partial charge is 0.573 e. The summed E-state index contributed by atoms with van der Waals surface area (Å²) >= 11 is 0. The number of hydrogen-bond donors (Lipinski definition) is 2. The molecular formula is C10H8F3N3O3. The number of ether oxygens (including phenoxy) is 1. The lowest BCUT2D eigenvalue weighted by Gasteiger charge is -2.11. The zero-order valence-electron chi connectivity index (χ0n) is 9.27. The first-order chi connectivity index (χ1) is 8.85. The van der Waals surface area contributed by atoms with Crippen LogP contribution in [-0.2, 0) is 0 Å². The van der Waals surface area contributed by atoms with Crippen molar-refractivity contribution in [3.63, 3.8) is 0 Å². The summed E-state index contributed by atoms with van der Waals surface area (Å²) in [6.45, 7) is 0. The summed E-state index contributed by atoms with van der Waals surface area (Å²) in [7, 11) is 0. The van der Waals surface area contributed by atoms with E-state index in [9.17, 15) is 18.0 Å². The van der Waals surface area contributed by atoms with Gasteiger partial charge in [0.05, 0.1) is 6.04 Å². The molecule has 0 saturated carbocycles. The summed E-state index contributed by atoms with van der Waals surface area (Å²) in [5.74, 6) is -1.05. The van der Waals surface area contributed by atoms with Crippen LogP contribution in [0.3, 0.4) is 0 Å². The molecule has 1 aromatic carbocycles. The summed E-state index contributed by atoms with van der Waals surface area (Å²) in [6, 6.07) is 4.07. The lowest BCUT2D eigenvalue weighted by Crippen LogP contribution is -2.17. The lowest BCUT2D eigenvalue weighted by molar-refractivity contribution is -0.274. The highest BCUT2D eigenvalue weighted by Gasteiger charge is 2.31. The number of aromatic nitrogens is 2. The Morgan fingerprint density at radius 2 is 1.95 bits per heavy atom. The Hall–Kier alpha value is -2.29. The van der Waals surface area contributed by atoms with E-state index >= 15 is 0 Å². The second kappa shape index (κ2) is 4.76. The third-order valence-electron chi connectivity index (χ3n) is 2.22. The summed E-state index contributed by atoms with van der Waals surface area (Å²) in [5.41, 5.74) is 6.19. The van der Waals surface area contributed by atoms with Crippen LogP contribution in [0.2, 0.25) is 0 Å². The van der Waals surface area contributed by atoms with E-state index in [-0.39, 0.29) is 11.6 Å². The molecule has 0 spiro atoms. The van der Waals surface area contributed by atoms with Gasteiger partial charge in [0.25, 0.3) is 0 Å². The van der Waals surface area contributed by atoms with E-state index in [0.717, 1.165) is 12.1 Å². The number of halogens is 3. The average molecular weight is 275 g/mol. The minimum absolute atomic E-state index is 0.0782. The summed E-state index contributed by atoms with van der Waals surface area (Å²) in [4.78, 5) is 13.0. The van der Waals surface area contributed by atoms with Gasteiger partial charge in [0.2, 0.25) is 0 Å². The predicted molar refractivity (Wildman–Crippen MR) is 56.3 cm³/mol. The van der Waals surface area contributed by atoms with Gasteiger partial charge in [0.15, 0.2) is 5.82 Å². The van der Waals surface area contributed by atoms with Gasteiger partial charge >= 0.3 is 12.1 Å². The molecule has 0 aliphatic carbocycles. The first kappa shape index (κ1) is 13.1. The highest BCUT2D eigenvalue weighted by Crippen LogP contribution is 2.24.